The lowest BCUT2D eigenvalue weighted by molar-refractivity contribution is 0.420. The van der Waals surface area contributed by atoms with Crippen LogP contribution in [0.1, 0.15) is 22.6 Å². The molecule has 5 heteroatoms. The fourth-order valence-corrected chi connectivity index (χ4v) is 3.11. The van der Waals surface area contributed by atoms with E-state index in [0.717, 1.165) is 11.1 Å². The maximum absolute atomic E-state index is 9.38. The largest absolute Gasteiger partial charge is 0.416 e. The summed E-state index contributed by atoms with van der Waals surface area (Å²) in [5.41, 5.74) is 3.46. The SMILES string of the molecule is Cc1ccc(C[C@@H](C#N)Sc2nnc(Cc3ccccc3)o2)cc1. The molecule has 1 aromatic heterocycles. The van der Waals surface area contributed by atoms with E-state index in [-0.39, 0.29) is 5.25 Å². The Hall–Kier alpha value is -2.58. The van der Waals surface area contributed by atoms with Crippen LogP contribution in [0.25, 0.3) is 0 Å². The molecule has 3 aromatic rings. The summed E-state index contributed by atoms with van der Waals surface area (Å²) >= 11 is 1.32. The summed E-state index contributed by atoms with van der Waals surface area (Å²) in [6.45, 7) is 2.05. The Morgan fingerprint density at radius 3 is 2.50 bits per heavy atom. The van der Waals surface area contributed by atoms with Crippen molar-refractivity contribution in [3.05, 3.63) is 77.2 Å². The van der Waals surface area contributed by atoms with Gasteiger partial charge in [0.05, 0.1) is 12.5 Å². The summed E-state index contributed by atoms with van der Waals surface area (Å²) < 4.78 is 5.67. The second-order valence-corrected chi connectivity index (χ2v) is 6.70. The highest BCUT2D eigenvalue weighted by Crippen LogP contribution is 2.25. The molecule has 0 aliphatic carbocycles. The molecule has 2 aromatic carbocycles. The second-order valence-electron chi connectivity index (χ2n) is 5.55. The first-order chi connectivity index (χ1) is 11.7. The van der Waals surface area contributed by atoms with Crippen LogP contribution < -0.4 is 0 Å². The Balaban J connectivity index is 1.62. The quantitative estimate of drug-likeness (QED) is 0.632. The molecule has 0 spiro atoms. The number of hydrogen-bond donors (Lipinski definition) is 0. The van der Waals surface area contributed by atoms with Crippen molar-refractivity contribution in [3.8, 4) is 6.07 Å². The van der Waals surface area contributed by atoms with Crippen molar-refractivity contribution in [2.24, 2.45) is 0 Å². The van der Waals surface area contributed by atoms with Crippen LogP contribution in [0.4, 0.5) is 0 Å². The van der Waals surface area contributed by atoms with Crippen LogP contribution in [0.5, 0.6) is 0 Å². The molecule has 4 nitrogen and oxygen atoms in total. The number of aryl methyl sites for hydroxylation is 1. The monoisotopic (exact) mass is 335 g/mol. The second kappa shape index (κ2) is 7.80. The maximum Gasteiger partial charge on any atom is 0.277 e. The van der Waals surface area contributed by atoms with Crippen LogP contribution in [-0.2, 0) is 12.8 Å². The zero-order valence-corrected chi connectivity index (χ0v) is 14.2. The summed E-state index contributed by atoms with van der Waals surface area (Å²) in [6.07, 6.45) is 1.25. The number of benzene rings is 2. The third-order valence-electron chi connectivity index (χ3n) is 3.58. The van der Waals surface area contributed by atoms with Gasteiger partial charge < -0.3 is 4.42 Å². The molecular formula is C19H17N3OS. The van der Waals surface area contributed by atoms with Gasteiger partial charge in [-0.2, -0.15) is 5.26 Å². The lowest BCUT2D eigenvalue weighted by Crippen LogP contribution is -2.03. The first-order valence-electron chi connectivity index (χ1n) is 7.71. The Kier molecular flexibility index (Phi) is 5.29. The van der Waals surface area contributed by atoms with E-state index < -0.39 is 0 Å². The molecule has 0 amide bonds. The molecule has 0 bridgehead atoms. The van der Waals surface area contributed by atoms with Gasteiger partial charge in [0.25, 0.3) is 5.22 Å². The van der Waals surface area contributed by atoms with E-state index in [0.29, 0.717) is 24.0 Å². The number of nitrogens with zero attached hydrogens (tertiary/aromatic N) is 3. The molecule has 0 radical (unpaired) electrons. The zero-order chi connectivity index (χ0) is 16.8. The lowest BCUT2D eigenvalue weighted by Gasteiger charge is -2.06. The van der Waals surface area contributed by atoms with E-state index in [1.54, 1.807) is 0 Å². The first kappa shape index (κ1) is 16.3. The zero-order valence-electron chi connectivity index (χ0n) is 13.3. The van der Waals surface area contributed by atoms with Gasteiger partial charge in [0.1, 0.15) is 5.25 Å². The molecule has 1 heterocycles. The molecule has 0 aliphatic rings. The van der Waals surface area contributed by atoms with Crippen molar-refractivity contribution in [1.29, 1.82) is 5.26 Å². The Morgan fingerprint density at radius 1 is 1.04 bits per heavy atom. The highest BCUT2D eigenvalue weighted by atomic mass is 32.2. The summed E-state index contributed by atoms with van der Waals surface area (Å²) in [5.74, 6) is 0.565. The normalized spacial score (nSPS) is 11.8. The molecule has 0 saturated heterocycles. The van der Waals surface area contributed by atoms with E-state index in [4.69, 9.17) is 4.42 Å². The Morgan fingerprint density at radius 2 is 1.79 bits per heavy atom. The van der Waals surface area contributed by atoms with Gasteiger partial charge in [-0.1, -0.05) is 60.2 Å². The van der Waals surface area contributed by atoms with Crippen molar-refractivity contribution in [2.75, 3.05) is 0 Å². The molecule has 0 fully saturated rings. The molecule has 0 aliphatic heterocycles. The van der Waals surface area contributed by atoms with Gasteiger partial charge in [-0.3, -0.25) is 0 Å². The fraction of sp³-hybridized carbons (Fsp3) is 0.211. The average Bonchev–Trinajstić information content (AvgIpc) is 3.04. The summed E-state index contributed by atoms with van der Waals surface area (Å²) in [5, 5.41) is 17.7. The van der Waals surface area contributed by atoms with Gasteiger partial charge in [0.2, 0.25) is 5.89 Å². The van der Waals surface area contributed by atoms with Crippen molar-refractivity contribution in [3.63, 3.8) is 0 Å². The lowest BCUT2D eigenvalue weighted by atomic mass is 10.1. The molecular weight excluding hydrogens is 318 g/mol. The highest BCUT2D eigenvalue weighted by molar-refractivity contribution is 7.99. The van der Waals surface area contributed by atoms with Gasteiger partial charge in [0, 0.05) is 0 Å². The topological polar surface area (TPSA) is 62.7 Å². The molecule has 1 atom stereocenters. The van der Waals surface area contributed by atoms with Crippen molar-refractivity contribution in [2.45, 2.75) is 30.2 Å². The molecule has 0 unspecified atom stereocenters. The number of rotatable bonds is 6. The smallest absolute Gasteiger partial charge is 0.277 e. The van der Waals surface area contributed by atoms with Crippen molar-refractivity contribution in [1.82, 2.24) is 10.2 Å². The fourth-order valence-electron chi connectivity index (χ4n) is 2.30. The van der Waals surface area contributed by atoms with Crippen molar-refractivity contribution < 1.29 is 4.42 Å². The highest BCUT2D eigenvalue weighted by Gasteiger charge is 2.16. The van der Waals surface area contributed by atoms with Gasteiger partial charge in [-0.05, 0) is 36.2 Å². The first-order valence-corrected chi connectivity index (χ1v) is 8.59. The van der Waals surface area contributed by atoms with Gasteiger partial charge >= 0.3 is 0 Å². The molecule has 0 N–H and O–H groups in total. The van der Waals surface area contributed by atoms with E-state index in [1.807, 2.05) is 37.3 Å². The van der Waals surface area contributed by atoms with E-state index in [1.165, 1.54) is 17.3 Å². The minimum Gasteiger partial charge on any atom is -0.416 e. The van der Waals surface area contributed by atoms with Gasteiger partial charge in [-0.15, -0.1) is 10.2 Å². The average molecular weight is 335 g/mol. The third-order valence-corrected chi connectivity index (χ3v) is 4.50. The van der Waals surface area contributed by atoms with E-state index >= 15 is 0 Å². The van der Waals surface area contributed by atoms with Crippen LogP contribution >= 0.6 is 11.8 Å². The molecule has 120 valence electrons. The predicted molar refractivity (Wildman–Crippen MR) is 93.7 cm³/mol. The van der Waals surface area contributed by atoms with Crippen LogP contribution in [0.15, 0.2) is 64.2 Å². The van der Waals surface area contributed by atoms with Crippen LogP contribution in [0.3, 0.4) is 0 Å². The minimum absolute atomic E-state index is 0.252. The molecule has 3 rings (SSSR count). The standard InChI is InChI=1S/C19H17N3OS/c1-14-7-9-16(10-8-14)11-17(13-20)24-19-22-21-18(23-19)12-15-5-3-2-4-6-15/h2-10,17H,11-12H2,1H3/t17-/m0/s1. The van der Waals surface area contributed by atoms with Crippen LogP contribution in [-0.4, -0.2) is 15.4 Å². The molecule has 0 saturated carbocycles. The third kappa shape index (κ3) is 4.46. The maximum atomic E-state index is 9.38. The number of hydrogen-bond acceptors (Lipinski definition) is 5. The van der Waals surface area contributed by atoms with Crippen LogP contribution in [0, 0.1) is 18.3 Å². The summed E-state index contributed by atoms with van der Waals surface area (Å²) in [7, 11) is 0. The van der Waals surface area contributed by atoms with E-state index in [2.05, 4.69) is 40.5 Å². The van der Waals surface area contributed by atoms with Crippen molar-refractivity contribution >= 4 is 11.8 Å². The predicted octanol–water partition coefficient (Wildman–Crippen LogP) is 4.20. The number of aromatic nitrogens is 2. The Labute approximate surface area is 145 Å². The number of nitriles is 1. The number of thioether (sulfide) groups is 1. The summed E-state index contributed by atoms with van der Waals surface area (Å²) in [4.78, 5) is 0. The van der Waals surface area contributed by atoms with Gasteiger partial charge in [0.15, 0.2) is 0 Å². The Bertz CT molecular complexity index is 822. The van der Waals surface area contributed by atoms with E-state index in [9.17, 15) is 5.26 Å². The van der Waals surface area contributed by atoms with Crippen LogP contribution in [0.2, 0.25) is 0 Å². The van der Waals surface area contributed by atoms with Gasteiger partial charge in [-0.25, -0.2) is 0 Å². The minimum atomic E-state index is -0.252. The molecule has 24 heavy (non-hydrogen) atoms. The summed E-state index contributed by atoms with van der Waals surface area (Å²) in [6, 6.07) is 20.5.